The van der Waals surface area contributed by atoms with E-state index in [1.54, 1.807) is 12.1 Å². The van der Waals surface area contributed by atoms with E-state index in [0.717, 1.165) is 0 Å². The minimum atomic E-state index is -0.272. The molecule has 0 aliphatic rings. The highest BCUT2D eigenvalue weighted by Gasteiger charge is 2.15. The molecule has 0 aliphatic heterocycles. The minimum absolute atomic E-state index is 0.0240. The van der Waals surface area contributed by atoms with Crippen molar-refractivity contribution in [2.24, 2.45) is 5.41 Å². The predicted octanol–water partition coefficient (Wildman–Crippen LogP) is 1.67. The molecule has 5 nitrogen and oxygen atoms in total. The van der Waals surface area contributed by atoms with Gasteiger partial charge in [-0.05, 0) is 23.6 Å². The minimum Gasteiger partial charge on any atom is -0.508 e. The molecule has 1 aromatic rings. The van der Waals surface area contributed by atoms with Gasteiger partial charge in [0.1, 0.15) is 5.75 Å². The Balaban J connectivity index is 2.28. The van der Waals surface area contributed by atoms with Gasteiger partial charge in [-0.3, -0.25) is 9.59 Å². The topological polar surface area (TPSA) is 78.4 Å². The van der Waals surface area contributed by atoms with Gasteiger partial charge in [-0.2, -0.15) is 0 Å². The number of phenols is 1. The van der Waals surface area contributed by atoms with Gasteiger partial charge in [0.15, 0.2) is 0 Å². The summed E-state index contributed by atoms with van der Waals surface area (Å²) in [6.07, 6.45) is 0.452. The van der Waals surface area contributed by atoms with Gasteiger partial charge in [0.05, 0.1) is 0 Å². The summed E-state index contributed by atoms with van der Waals surface area (Å²) < 4.78 is 0. The molecular weight excluding hydrogens is 256 g/mol. The van der Waals surface area contributed by atoms with Crippen LogP contribution in [-0.4, -0.2) is 30.0 Å². The number of amides is 2. The number of phenolic OH excluding ortho intramolecular Hbond substituents is 1. The SMILES string of the molecule is CC(C)(C)CC(=O)NCCNC(=O)c1cccc(O)c1. The van der Waals surface area contributed by atoms with Gasteiger partial charge in [-0.15, -0.1) is 0 Å². The fourth-order valence-electron chi connectivity index (χ4n) is 1.67. The molecule has 0 fully saturated rings. The molecule has 0 aromatic heterocycles. The number of aromatic hydroxyl groups is 1. The van der Waals surface area contributed by atoms with Crippen molar-refractivity contribution in [3.63, 3.8) is 0 Å². The standard InChI is InChI=1S/C15H22N2O3/c1-15(2,3)10-13(19)16-7-8-17-14(20)11-5-4-6-12(18)9-11/h4-6,9,18H,7-8,10H2,1-3H3,(H,16,19)(H,17,20). The third-order valence-corrected chi connectivity index (χ3v) is 2.53. The van der Waals surface area contributed by atoms with Crippen molar-refractivity contribution in [2.75, 3.05) is 13.1 Å². The molecular formula is C15H22N2O3. The quantitative estimate of drug-likeness (QED) is 0.717. The van der Waals surface area contributed by atoms with E-state index in [1.165, 1.54) is 12.1 Å². The van der Waals surface area contributed by atoms with Crippen molar-refractivity contribution in [2.45, 2.75) is 27.2 Å². The summed E-state index contributed by atoms with van der Waals surface area (Å²) in [5.41, 5.74) is 0.348. The van der Waals surface area contributed by atoms with E-state index < -0.39 is 0 Å². The second-order valence-electron chi connectivity index (χ2n) is 5.89. The zero-order valence-electron chi connectivity index (χ0n) is 12.2. The summed E-state index contributed by atoms with van der Waals surface area (Å²) in [6.45, 7) is 6.73. The average Bonchev–Trinajstić information content (AvgIpc) is 2.32. The monoisotopic (exact) mass is 278 g/mol. The van der Waals surface area contributed by atoms with Gasteiger partial charge in [-0.25, -0.2) is 0 Å². The molecule has 0 spiro atoms. The largest absolute Gasteiger partial charge is 0.508 e. The Morgan fingerprint density at radius 3 is 2.40 bits per heavy atom. The van der Waals surface area contributed by atoms with Crippen LogP contribution >= 0.6 is 0 Å². The first-order chi connectivity index (χ1) is 9.28. The summed E-state index contributed by atoms with van der Waals surface area (Å²) >= 11 is 0. The molecule has 0 saturated carbocycles. The van der Waals surface area contributed by atoms with Crippen LogP contribution < -0.4 is 10.6 Å². The highest BCUT2D eigenvalue weighted by atomic mass is 16.3. The Bertz CT molecular complexity index is 478. The highest BCUT2D eigenvalue weighted by molar-refractivity contribution is 5.94. The number of hydrogen-bond donors (Lipinski definition) is 3. The summed E-state index contributed by atoms with van der Waals surface area (Å²) in [4.78, 5) is 23.3. The zero-order chi connectivity index (χ0) is 15.2. The maximum absolute atomic E-state index is 11.7. The van der Waals surface area contributed by atoms with E-state index in [0.29, 0.717) is 25.1 Å². The average molecular weight is 278 g/mol. The number of hydrogen-bond acceptors (Lipinski definition) is 3. The van der Waals surface area contributed by atoms with Crippen LogP contribution in [0, 0.1) is 5.41 Å². The van der Waals surface area contributed by atoms with Crippen LogP contribution in [0.4, 0.5) is 0 Å². The molecule has 110 valence electrons. The lowest BCUT2D eigenvalue weighted by atomic mass is 9.92. The Morgan fingerprint density at radius 2 is 1.80 bits per heavy atom. The normalized spacial score (nSPS) is 10.9. The van der Waals surface area contributed by atoms with Crippen LogP contribution in [0.5, 0.6) is 5.75 Å². The van der Waals surface area contributed by atoms with E-state index in [-0.39, 0.29) is 23.0 Å². The van der Waals surface area contributed by atoms with Gasteiger partial charge in [0, 0.05) is 25.1 Å². The molecule has 0 heterocycles. The van der Waals surface area contributed by atoms with E-state index in [9.17, 15) is 14.7 Å². The van der Waals surface area contributed by atoms with E-state index in [4.69, 9.17) is 0 Å². The van der Waals surface area contributed by atoms with Crippen molar-refractivity contribution in [1.82, 2.24) is 10.6 Å². The second kappa shape index (κ2) is 6.93. The molecule has 0 atom stereocenters. The van der Waals surface area contributed by atoms with Crippen LogP contribution in [0.1, 0.15) is 37.6 Å². The van der Waals surface area contributed by atoms with Crippen molar-refractivity contribution >= 4 is 11.8 Å². The fourth-order valence-corrected chi connectivity index (χ4v) is 1.67. The number of nitrogens with one attached hydrogen (secondary N) is 2. The number of benzene rings is 1. The Kier molecular flexibility index (Phi) is 5.55. The van der Waals surface area contributed by atoms with Crippen LogP contribution in [0.15, 0.2) is 24.3 Å². The fraction of sp³-hybridized carbons (Fsp3) is 0.467. The smallest absolute Gasteiger partial charge is 0.251 e. The summed E-state index contributed by atoms with van der Waals surface area (Å²) in [6, 6.07) is 6.12. The van der Waals surface area contributed by atoms with Gasteiger partial charge >= 0.3 is 0 Å². The predicted molar refractivity (Wildman–Crippen MR) is 77.5 cm³/mol. The summed E-state index contributed by atoms with van der Waals surface area (Å²) in [5.74, 6) is -0.244. The molecule has 2 amide bonds. The Hall–Kier alpha value is -2.04. The number of rotatable bonds is 5. The van der Waals surface area contributed by atoms with Gasteiger partial charge in [0.25, 0.3) is 5.91 Å². The number of carbonyl (C=O) groups excluding carboxylic acids is 2. The van der Waals surface area contributed by atoms with Crippen molar-refractivity contribution in [3.8, 4) is 5.75 Å². The molecule has 0 bridgehead atoms. The third-order valence-electron chi connectivity index (χ3n) is 2.53. The lowest BCUT2D eigenvalue weighted by Crippen LogP contribution is -2.35. The van der Waals surface area contributed by atoms with E-state index >= 15 is 0 Å². The first kappa shape index (κ1) is 16.0. The van der Waals surface area contributed by atoms with E-state index in [1.807, 2.05) is 20.8 Å². The lowest BCUT2D eigenvalue weighted by Gasteiger charge is -2.17. The zero-order valence-corrected chi connectivity index (χ0v) is 12.2. The van der Waals surface area contributed by atoms with Gasteiger partial charge < -0.3 is 15.7 Å². The lowest BCUT2D eigenvalue weighted by molar-refractivity contribution is -0.122. The van der Waals surface area contributed by atoms with Crippen LogP contribution in [0.2, 0.25) is 0 Å². The molecule has 0 saturated heterocycles. The van der Waals surface area contributed by atoms with Gasteiger partial charge in [-0.1, -0.05) is 26.8 Å². The van der Waals surface area contributed by atoms with Crippen molar-refractivity contribution in [3.05, 3.63) is 29.8 Å². The molecule has 0 aliphatic carbocycles. The third kappa shape index (κ3) is 6.22. The summed E-state index contributed by atoms with van der Waals surface area (Å²) in [7, 11) is 0. The maximum atomic E-state index is 11.7. The van der Waals surface area contributed by atoms with Crippen LogP contribution in [-0.2, 0) is 4.79 Å². The first-order valence-electron chi connectivity index (χ1n) is 6.62. The van der Waals surface area contributed by atoms with Gasteiger partial charge in [0.2, 0.25) is 5.91 Å². The summed E-state index contributed by atoms with van der Waals surface area (Å²) in [5, 5.41) is 14.7. The highest BCUT2D eigenvalue weighted by Crippen LogP contribution is 2.17. The van der Waals surface area contributed by atoms with Crippen molar-refractivity contribution < 1.29 is 14.7 Å². The first-order valence-corrected chi connectivity index (χ1v) is 6.62. The Labute approximate surface area is 119 Å². The van der Waals surface area contributed by atoms with Crippen LogP contribution in [0.25, 0.3) is 0 Å². The molecule has 0 unspecified atom stereocenters. The molecule has 1 rings (SSSR count). The molecule has 5 heteroatoms. The van der Waals surface area contributed by atoms with Crippen molar-refractivity contribution in [1.29, 1.82) is 0 Å². The molecule has 20 heavy (non-hydrogen) atoms. The number of carbonyl (C=O) groups is 2. The second-order valence-corrected chi connectivity index (χ2v) is 5.89. The van der Waals surface area contributed by atoms with Crippen LogP contribution in [0.3, 0.4) is 0 Å². The maximum Gasteiger partial charge on any atom is 0.251 e. The Morgan fingerprint density at radius 1 is 1.15 bits per heavy atom. The molecule has 3 N–H and O–H groups in total. The molecule has 0 radical (unpaired) electrons. The van der Waals surface area contributed by atoms with E-state index in [2.05, 4.69) is 10.6 Å². The molecule has 1 aromatic carbocycles.